The zero-order valence-corrected chi connectivity index (χ0v) is 8.48. The van der Waals surface area contributed by atoms with Crippen molar-refractivity contribution >= 4 is 5.97 Å². The van der Waals surface area contributed by atoms with E-state index < -0.39 is 5.97 Å². The molecule has 0 radical (unpaired) electrons. The van der Waals surface area contributed by atoms with E-state index in [1.807, 2.05) is 0 Å². The standard InChI is InChI=1S/C11H19NO2/c12-10(3-4-11(13)14)9-6-7-1-2-8(9)5-7/h7-10H,1-6,12H2,(H,13,14). The Bertz CT molecular complexity index is 229. The zero-order valence-electron chi connectivity index (χ0n) is 8.48. The number of nitrogens with two attached hydrogens (primary N) is 1. The van der Waals surface area contributed by atoms with Gasteiger partial charge in [-0.15, -0.1) is 0 Å². The van der Waals surface area contributed by atoms with E-state index >= 15 is 0 Å². The van der Waals surface area contributed by atoms with Crippen LogP contribution in [0.25, 0.3) is 0 Å². The molecule has 4 atom stereocenters. The fourth-order valence-electron chi connectivity index (χ4n) is 3.32. The molecule has 0 amide bonds. The number of rotatable bonds is 4. The van der Waals surface area contributed by atoms with Gasteiger partial charge in [0.05, 0.1) is 0 Å². The van der Waals surface area contributed by atoms with Crippen LogP contribution in [0.15, 0.2) is 0 Å². The third-order valence-electron chi connectivity index (χ3n) is 4.03. The van der Waals surface area contributed by atoms with E-state index in [4.69, 9.17) is 10.8 Å². The van der Waals surface area contributed by atoms with Gasteiger partial charge in [0.2, 0.25) is 0 Å². The van der Waals surface area contributed by atoms with Gasteiger partial charge in [-0.3, -0.25) is 4.79 Å². The largest absolute Gasteiger partial charge is 0.481 e. The molecular weight excluding hydrogens is 178 g/mol. The predicted molar refractivity (Wildman–Crippen MR) is 53.8 cm³/mol. The quantitative estimate of drug-likeness (QED) is 0.719. The van der Waals surface area contributed by atoms with Crippen molar-refractivity contribution in [1.29, 1.82) is 0 Å². The van der Waals surface area contributed by atoms with Gasteiger partial charge < -0.3 is 10.8 Å². The molecule has 2 saturated carbocycles. The SMILES string of the molecule is NC(CCC(=O)O)C1CC2CCC1C2. The molecule has 2 rings (SSSR count). The molecule has 0 aromatic rings. The van der Waals surface area contributed by atoms with E-state index in [1.54, 1.807) is 0 Å². The van der Waals surface area contributed by atoms with E-state index in [-0.39, 0.29) is 12.5 Å². The van der Waals surface area contributed by atoms with Gasteiger partial charge in [0.1, 0.15) is 0 Å². The van der Waals surface area contributed by atoms with Crippen LogP contribution in [-0.4, -0.2) is 17.1 Å². The van der Waals surface area contributed by atoms with Crippen LogP contribution in [0, 0.1) is 17.8 Å². The molecule has 0 heterocycles. The second kappa shape index (κ2) is 3.89. The van der Waals surface area contributed by atoms with Gasteiger partial charge in [-0.1, -0.05) is 6.42 Å². The van der Waals surface area contributed by atoms with Crippen LogP contribution in [-0.2, 0) is 4.79 Å². The molecule has 2 bridgehead atoms. The summed E-state index contributed by atoms with van der Waals surface area (Å²) in [5.74, 6) is 1.61. The van der Waals surface area contributed by atoms with Gasteiger partial charge in [-0.25, -0.2) is 0 Å². The van der Waals surface area contributed by atoms with Crippen molar-refractivity contribution < 1.29 is 9.90 Å². The number of carboxylic acids is 1. The first-order valence-corrected chi connectivity index (χ1v) is 5.64. The molecule has 0 aromatic heterocycles. The minimum atomic E-state index is -0.719. The molecule has 2 aliphatic carbocycles. The van der Waals surface area contributed by atoms with Crippen LogP contribution in [0.2, 0.25) is 0 Å². The van der Waals surface area contributed by atoms with Crippen LogP contribution >= 0.6 is 0 Å². The van der Waals surface area contributed by atoms with Crippen LogP contribution in [0.5, 0.6) is 0 Å². The third-order valence-corrected chi connectivity index (χ3v) is 4.03. The number of carbonyl (C=O) groups is 1. The Morgan fingerprint density at radius 3 is 2.71 bits per heavy atom. The number of hydrogen-bond donors (Lipinski definition) is 2. The first-order valence-electron chi connectivity index (χ1n) is 5.64. The molecule has 0 aliphatic heterocycles. The molecular formula is C11H19NO2. The van der Waals surface area contributed by atoms with Crippen molar-refractivity contribution in [3.05, 3.63) is 0 Å². The monoisotopic (exact) mass is 197 g/mol. The second-order valence-corrected chi connectivity index (χ2v) is 4.93. The summed E-state index contributed by atoms with van der Waals surface area (Å²) in [6, 6.07) is 0.126. The Kier molecular flexibility index (Phi) is 2.77. The first kappa shape index (κ1) is 9.97. The van der Waals surface area contributed by atoms with Gasteiger partial charge >= 0.3 is 5.97 Å². The lowest BCUT2D eigenvalue weighted by Crippen LogP contribution is -2.34. The van der Waals surface area contributed by atoms with E-state index in [2.05, 4.69) is 0 Å². The molecule has 14 heavy (non-hydrogen) atoms. The summed E-state index contributed by atoms with van der Waals surface area (Å²) >= 11 is 0. The molecule has 2 aliphatic rings. The van der Waals surface area contributed by atoms with Crippen molar-refractivity contribution in [1.82, 2.24) is 0 Å². The average Bonchev–Trinajstić information content (AvgIpc) is 2.74. The van der Waals surface area contributed by atoms with Crippen LogP contribution in [0.1, 0.15) is 38.5 Å². The maximum absolute atomic E-state index is 10.4. The predicted octanol–water partition coefficient (Wildman–Crippen LogP) is 1.61. The van der Waals surface area contributed by atoms with Crippen molar-refractivity contribution in [2.45, 2.75) is 44.6 Å². The van der Waals surface area contributed by atoms with E-state index in [1.165, 1.54) is 25.7 Å². The summed E-state index contributed by atoms with van der Waals surface area (Å²) < 4.78 is 0. The van der Waals surface area contributed by atoms with Gasteiger partial charge in [-0.05, 0) is 43.4 Å². The lowest BCUT2D eigenvalue weighted by molar-refractivity contribution is -0.137. The first-order chi connectivity index (χ1) is 6.66. The highest BCUT2D eigenvalue weighted by Crippen LogP contribution is 2.49. The number of hydrogen-bond acceptors (Lipinski definition) is 2. The Labute approximate surface area is 84.7 Å². The second-order valence-electron chi connectivity index (χ2n) is 4.93. The molecule has 0 spiro atoms. The summed E-state index contributed by atoms with van der Waals surface area (Å²) in [6.07, 6.45) is 6.21. The summed E-state index contributed by atoms with van der Waals surface area (Å²) in [7, 11) is 0. The molecule has 2 fully saturated rings. The van der Waals surface area contributed by atoms with Crippen LogP contribution in [0.4, 0.5) is 0 Å². The molecule has 4 unspecified atom stereocenters. The van der Waals surface area contributed by atoms with Crippen molar-refractivity contribution in [3.63, 3.8) is 0 Å². The molecule has 0 aromatic carbocycles. The smallest absolute Gasteiger partial charge is 0.303 e. The molecule has 3 heteroatoms. The topological polar surface area (TPSA) is 63.3 Å². The average molecular weight is 197 g/mol. The highest BCUT2D eigenvalue weighted by molar-refractivity contribution is 5.66. The maximum atomic E-state index is 10.4. The Balaban J connectivity index is 1.80. The Hall–Kier alpha value is -0.570. The molecule has 0 saturated heterocycles. The minimum Gasteiger partial charge on any atom is -0.481 e. The molecule has 3 nitrogen and oxygen atoms in total. The summed E-state index contributed by atoms with van der Waals surface area (Å²) in [5.41, 5.74) is 6.05. The van der Waals surface area contributed by atoms with Crippen molar-refractivity contribution in [2.24, 2.45) is 23.5 Å². The lowest BCUT2D eigenvalue weighted by atomic mass is 9.82. The summed E-state index contributed by atoms with van der Waals surface area (Å²) in [4.78, 5) is 10.4. The van der Waals surface area contributed by atoms with Crippen molar-refractivity contribution in [3.8, 4) is 0 Å². The van der Waals surface area contributed by atoms with E-state index in [9.17, 15) is 4.79 Å². The van der Waals surface area contributed by atoms with Crippen molar-refractivity contribution in [2.75, 3.05) is 0 Å². The molecule has 80 valence electrons. The normalized spacial score (nSPS) is 37.4. The highest BCUT2D eigenvalue weighted by atomic mass is 16.4. The van der Waals surface area contributed by atoms with Gasteiger partial charge in [-0.2, -0.15) is 0 Å². The minimum absolute atomic E-state index is 0.126. The summed E-state index contributed by atoms with van der Waals surface area (Å²) in [5, 5.41) is 8.58. The van der Waals surface area contributed by atoms with Gasteiger partial charge in [0.15, 0.2) is 0 Å². The van der Waals surface area contributed by atoms with E-state index in [0.717, 1.165) is 11.8 Å². The van der Waals surface area contributed by atoms with Crippen LogP contribution in [0.3, 0.4) is 0 Å². The fraction of sp³-hybridized carbons (Fsp3) is 0.909. The molecule has 3 N–H and O–H groups in total. The summed E-state index contributed by atoms with van der Waals surface area (Å²) in [6.45, 7) is 0. The number of aliphatic carboxylic acids is 1. The fourth-order valence-corrected chi connectivity index (χ4v) is 3.32. The zero-order chi connectivity index (χ0) is 10.1. The van der Waals surface area contributed by atoms with Gasteiger partial charge in [0.25, 0.3) is 0 Å². The third kappa shape index (κ3) is 1.92. The number of carboxylic acid groups (broad SMARTS) is 1. The maximum Gasteiger partial charge on any atom is 0.303 e. The van der Waals surface area contributed by atoms with Crippen LogP contribution < -0.4 is 5.73 Å². The lowest BCUT2D eigenvalue weighted by Gasteiger charge is -2.27. The van der Waals surface area contributed by atoms with Gasteiger partial charge in [0, 0.05) is 12.5 Å². The number of fused-ring (bicyclic) bond motifs is 2. The Morgan fingerprint density at radius 1 is 1.43 bits per heavy atom. The highest BCUT2D eigenvalue weighted by Gasteiger charge is 2.41. The Morgan fingerprint density at radius 2 is 2.21 bits per heavy atom. The van der Waals surface area contributed by atoms with E-state index in [0.29, 0.717) is 12.3 Å².